The van der Waals surface area contributed by atoms with Crippen molar-refractivity contribution in [3.8, 4) is 22.8 Å². The van der Waals surface area contributed by atoms with Gasteiger partial charge in [-0.05, 0) is 48.0 Å². The van der Waals surface area contributed by atoms with E-state index in [4.69, 9.17) is 13.9 Å². The summed E-state index contributed by atoms with van der Waals surface area (Å²) in [5.41, 5.74) is 2.53. The molecule has 206 valence electrons. The molecule has 0 saturated carbocycles. The minimum atomic E-state index is -0.314. The van der Waals surface area contributed by atoms with Crippen molar-refractivity contribution in [1.29, 1.82) is 0 Å². The lowest BCUT2D eigenvalue weighted by Gasteiger charge is -2.36. The highest BCUT2D eigenvalue weighted by atomic mass is 16.5. The molecule has 0 N–H and O–H groups in total. The molecule has 0 unspecified atom stereocenters. The number of nitrogens with zero attached hydrogens (tertiary/aromatic N) is 5. The molecule has 0 aliphatic carbocycles. The summed E-state index contributed by atoms with van der Waals surface area (Å²) in [5, 5.41) is 8.84. The molecule has 5 rings (SSSR count). The maximum Gasteiger partial charge on any atom is 0.290 e. The smallest absolute Gasteiger partial charge is 0.290 e. The molecule has 2 aromatic carbocycles. The Morgan fingerprint density at radius 2 is 1.65 bits per heavy atom. The van der Waals surface area contributed by atoms with Crippen molar-refractivity contribution in [2.45, 2.75) is 6.54 Å². The summed E-state index contributed by atoms with van der Waals surface area (Å²) < 4.78 is 16.0. The van der Waals surface area contributed by atoms with Crippen molar-refractivity contribution in [3.63, 3.8) is 0 Å². The van der Waals surface area contributed by atoms with Crippen LogP contribution in [-0.2, 0) is 11.3 Å². The first-order valence-electron chi connectivity index (χ1n) is 13.0. The first kappa shape index (κ1) is 26.7. The largest absolute Gasteiger partial charge is 0.493 e. The molecule has 2 aromatic heterocycles. The third kappa shape index (κ3) is 6.06. The van der Waals surface area contributed by atoms with E-state index in [1.807, 2.05) is 60.7 Å². The lowest BCUT2D eigenvalue weighted by Crippen LogP contribution is -2.52. The Labute approximate surface area is 232 Å². The molecule has 10 heteroatoms. The van der Waals surface area contributed by atoms with E-state index in [1.165, 1.54) is 11.2 Å². The van der Waals surface area contributed by atoms with Crippen LogP contribution in [0.2, 0.25) is 0 Å². The minimum absolute atomic E-state index is 0.0335. The van der Waals surface area contributed by atoms with E-state index in [-0.39, 0.29) is 24.1 Å². The summed E-state index contributed by atoms with van der Waals surface area (Å²) in [5.74, 6) is 1.81. The fourth-order valence-corrected chi connectivity index (χ4v) is 4.65. The van der Waals surface area contributed by atoms with Crippen molar-refractivity contribution >= 4 is 17.6 Å². The summed E-state index contributed by atoms with van der Waals surface area (Å²) in [6, 6.07) is 22.3. The summed E-state index contributed by atoms with van der Waals surface area (Å²) >= 11 is 0. The number of anilines is 1. The number of hydrogen-bond acceptors (Lipinski definition) is 8. The molecule has 1 aliphatic rings. The third-order valence-electron chi connectivity index (χ3n) is 6.85. The highest BCUT2D eigenvalue weighted by Crippen LogP contribution is 2.31. The van der Waals surface area contributed by atoms with E-state index in [0.29, 0.717) is 44.2 Å². The van der Waals surface area contributed by atoms with Gasteiger partial charge in [0.15, 0.2) is 23.1 Å². The van der Waals surface area contributed by atoms with Crippen molar-refractivity contribution in [1.82, 2.24) is 20.0 Å². The Bertz CT molecular complexity index is 1420. The topological polar surface area (TPSA) is 101 Å². The average molecular weight is 542 g/mol. The number of ether oxygens (including phenoxy) is 2. The second-order valence-electron chi connectivity index (χ2n) is 9.34. The molecule has 0 spiro atoms. The minimum Gasteiger partial charge on any atom is -0.493 e. The fourth-order valence-electron chi connectivity index (χ4n) is 4.65. The number of methoxy groups -OCH3 is 2. The molecule has 1 aliphatic heterocycles. The summed E-state index contributed by atoms with van der Waals surface area (Å²) in [6.45, 7) is 2.54. The predicted molar refractivity (Wildman–Crippen MR) is 149 cm³/mol. The number of carbonyl (C=O) groups is 2. The predicted octanol–water partition coefficient (Wildman–Crippen LogP) is 3.75. The number of rotatable bonds is 9. The molecule has 0 bridgehead atoms. The number of hydrogen-bond donors (Lipinski definition) is 0. The maximum absolute atomic E-state index is 13.3. The Hall–Kier alpha value is -4.86. The van der Waals surface area contributed by atoms with Gasteiger partial charge in [0.25, 0.3) is 5.91 Å². The fraction of sp³-hybridized carbons (Fsp3) is 0.267. The van der Waals surface area contributed by atoms with Crippen LogP contribution in [0.3, 0.4) is 0 Å². The zero-order chi connectivity index (χ0) is 27.9. The first-order chi connectivity index (χ1) is 19.6. The molecule has 2 amide bonds. The number of benzene rings is 2. The van der Waals surface area contributed by atoms with Gasteiger partial charge in [0.2, 0.25) is 5.91 Å². The van der Waals surface area contributed by atoms with Crippen LogP contribution < -0.4 is 14.4 Å². The van der Waals surface area contributed by atoms with Crippen LogP contribution in [0.25, 0.3) is 11.3 Å². The van der Waals surface area contributed by atoms with E-state index >= 15 is 0 Å². The zero-order valence-electron chi connectivity index (χ0n) is 22.5. The Morgan fingerprint density at radius 3 is 2.30 bits per heavy atom. The van der Waals surface area contributed by atoms with Gasteiger partial charge in [0.05, 0.1) is 26.2 Å². The quantitative estimate of drug-likeness (QED) is 0.316. The van der Waals surface area contributed by atoms with E-state index < -0.39 is 0 Å². The van der Waals surface area contributed by atoms with E-state index in [2.05, 4.69) is 15.1 Å². The molecule has 10 nitrogen and oxygen atoms in total. The molecular formula is C30H31N5O5. The lowest BCUT2D eigenvalue weighted by molar-refractivity contribution is -0.132. The second kappa shape index (κ2) is 12.3. The van der Waals surface area contributed by atoms with Crippen LogP contribution in [0.5, 0.6) is 11.5 Å². The van der Waals surface area contributed by atoms with Gasteiger partial charge < -0.3 is 28.6 Å². The van der Waals surface area contributed by atoms with Gasteiger partial charge >= 0.3 is 0 Å². The van der Waals surface area contributed by atoms with Gasteiger partial charge in [0, 0.05) is 38.3 Å². The second-order valence-corrected chi connectivity index (χ2v) is 9.34. The van der Waals surface area contributed by atoms with Crippen LogP contribution >= 0.6 is 0 Å². The van der Waals surface area contributed by atoms with E-state index in [1.54, 1.807) is 31.3 Å². The molecule has 0 atom stereocenters. The molecule has 0 radical (unpaired) electrons. The van der Waals surface area contributed by atoms with Crippen LogP contribution in [0.4, 0.5) is 5.82 Å². The number of amides is 2. The number of aromatic nitrogens is 2. The van der Waals surface area contributed by atoms with Crippen molar-refractivity contribution in [3.05, 3.63) is 90.4 Å². The standard InChI is InChI=1S/C30H31N5O5/c1-38-25-12-10-23(19-27(25)39-2)24-11-13-28(32-31-24)33-14-16-34(17-15-33)29(36)21-35(20-22-7-4-3-5-8-22)30(37)26-9-6-18-40-26/h3-13,18-19H,14-17,20-21H2,1-2H3. The molecule has 4 aromatic rings. The van der Waals surface area contributed by atoms with Crippen molar-refractivity contribution in [2.75, 3.05) is 51.8 Å². The van der Waals surface area contributed by atoms with Crippen LogP contribution in [0.1, 0.15) is 16.1 Å². The average Bonchev–Trinajstić information content (AvgIpc) is 3.56. The molecule has 1 fully saturated rings. The highest BCUT2D eigenvalue weighted by Gasteiger charge is 2.27. The summed E-state index contributed by atoms with van der Waals surface area (Å²) in [6.07, 6.45) is 1.46. The van der Waals surface area contributed by atoms with Crippen molar-refractivity contribution < 1.29 is 23.5 Å². The Balaban J connectivity index is 1.20. The number of piperazine rings is 1. The molecule has 40 heavy (non-hydrogen) atoms. The van der Waals surface area contributed by atoms with Gasteiger partial charge in [-0.1, -0.05) is 30.3 Å². The SMILES string of the molecule is COc1ccc(-c2ccc(N3CCN(C(=O)CN(Cc4ccccc4)C(=O)c4ccco4)CC3)nn2)cc1OC. The molecular weight excluding hydrogens is 510 g/mol. The van der Waals surface area contributed by atoms with Crippen molar-refractivity contribution in [2.24, 2.45) is 0 Å². The van der Waals surface area contributed by atoms with Crippen LogP contribution in [-0.4, -0.2) is 78.8 Å². The first-order valence-corrected chi connectivity index (χ1v) is 13.0. The lowest BCUT2D eigenvalue weighted by atomic mass is 10.1. The van der Waals surface area contributed by atoms with Gasteiger partial charge in [-0.15, -0.1) is 10.2 Å². The maximum atomic E-state index is 13.3. The van der Waals surface area contributed by atoms with Gasteiger partial charge in [-0.2, -0.15) is 0 Å². The Morgan fingerprint density at radius 1 is 0.875 bits per heavy atom. The third-order valence-corrected chi connectivity index (χ3v) is 6.85. The van der Waals surface area contributed by atoms with Crippen LogP contribution in [0.15, 0.2) is 83.5 Å². The van der Waals surface area contributed by atoms with Crippen LogP contribution in [0, 0.1) is 0 Å². The number of carbonyl (C=O) groups excluding carboxylic acids is 2. The van der Waals surface area contributed by atoms with Gasteiger partial charge in [-0.25, -0.2) is 0 Å². The Kier molecular flexibility index (Phi) is 8.24. The van der Waals surface area contributed by atoms with E-state index in [9.17, 15) is 9.59 Å². The van der Waals surface area contributed by atoms with E-state index in [0.717, 1.165) is 22.6 Å². The monoisotopic (exact) mass is 541 g/mol. The molecule has 3 heterocycles. The summed E-state index contributed by atoms with van der Waals surface area (Å²) in [4.78, 5) is 31.8. The van der Waals surface area contributed by atoms with Gasteiger partial charge in [-0.3, -0.25) is 9.59 Å². The normalized spacial score (nSPS) is 13.2. The number of furan rings is 1. The summed E-state index contributed by atoms with van der Waals surface area (Å²) in [7, 11) is 3.19. The van der Waals surface area contributed by atoms with Gasteiger partial charge in [0.1, 0.15) is 6.54 Å². The molecule has 1 saturated heterocycles. The zero-order valence-corrected chi connectivity index (χ0v) is 22.5. The highest BCUT2D eigenvalue weighted by molar-refractivity contribution is 5.94.